The molecule has 0 aromatic heterocycles. The molecule has 0 aliphatic carbocycles. The standard InChI is InChI=1S/C15H21NO4/c1-15(2,3)19-10-14(17)16-8-11-9-18-12-6-4-5-7-13(12)20-11/h4-7,11H,8-10H2,1-3H3,(H,16,17). The van der Waals surface area contributed by atoms with Crippen LogP contribution in [0.1, 0.15) is 20.8 Å². The molecule has 1 heterocycles. The molecule has 5 nitrogen and oxygen atoms in total. The topological polar surface area (TPSA) is 56.8 Å². The van der Waals surface area contributed by atoms with Gasteiger partial charge in [-0.25, -0.2) is 0 Å². The Kier molecular flexibility index (Phi) is 4.49. The summed E-state index contributed by atoms with van der Waals surface area (Å²) >= 11 is 0. The van der Waals surface area contributed by atoms with Crippen molar-refractivity contribution >= 4 is 5.91 Å². The average Bonchev–Trinajstić information content (AvgIpc) is 2.42. The van der Waals surface area contributed by atoms with Gasteiger partial charge in [0.05, 0.1) is 12.1 Å². The molecular formula is C15H21NO4. The van der Waals surface area contributed by atoms with Crippen LogP contribution in [-0.4, -0.2) is 37.4 Å². The third-order valence-electron chi connectivity index (χ3n) is 2.73. The van der Waals surface area contributed by atoms with E-state index in [-0.39, 0.29) is 24.2 Å². The largest absolute Gasteiger partial charge is 0.486 e. The minimum atomic E-state index is -0.319. The van der Waals surface area contributed by atoms with Crippen LogP contribution in [0.3, 0.4) is 0 Å². The van der Waals surface area contributed by atoms with E-state index in [1.54, 1.807) is 0 Å². The minimum Gasteiger partial charge on any atom is -0.486 e. The van der Waals surface area contributed by atoms with E-state index in [4.69, 9.17) is 14.2 Å². The van der Waals surface area contributed by atoms with Gasteiger partial charge < -0.3 is 19.5 Å². The Bertz CT molecular complexity index is 467. The molecular weight excluding hydrogens is 258 g/mol. The molecule has 0 fully saturated rings. The van der Waals surface area contributed by atoms with Crippen molar-refractivity contribution < 1.29 is 19.0 Å². The highest BCUT2D eigenvalue weighted by Crippen LogP contribution is 2.30. The number of hydrogen-bond acceptors (Lipinski definition) is 4. The summed E-state index contributed by atoms with van der Waals surface area (Å²) in [6, 6.07) is 7.50. The van der Waals surface area contributed by atoms with Gasteiger partial charge in [0.15, 0.2) is 11.5 Å². The molecule has 1 atom stereocenters. The van der Waals surface area contributed by atoms with E-state index in [9.17, 15) is 4.79 Å². The van der Waals surface area contributed by atoms with Gasteiger partial charge in [0.2, 0.25) is 5.91 Å². The highest BCUT2D eigenvalue weighted by atomic mass is 16.6. The molecule has 2 rings (SSSR count). The second-order valence-corrected chi connectivity index (χ2v) is 5.70. The van der Waals surface area contributed by atoms with E-state index in [0.717, 1.165) is 5.75 Å². The van der Waals surface area contributed by atoms with Crippen molar-refractivity contribution in [2.24, 2.45) is 0 Å². The molecule has 5 heteroatoms. The Hall–Kier alpha value is -1.75. The molecule has 0 saturated heterocycles. The maximum Gasteiger partial charge on any atom is 0.246 e. The Morgan fingerprint density at radius 2 is 2.05 bits per heavy atom. The van der Waals surface area contributed by atoms with Gasteiger partial charge in [0.25, 0.3) is 0 Å². The lowest BCUT2D eigenvalue weighted by Crippen LogP contribution is -2.42. The normalized spacial score (nSPS) is 17.6. The van der Waals surface area contributed by atoms with Crippen molar-refractivity contribution in [2.75, 3.05) is 19.8 Å². The van der Waals surface area contributed by atoms with Crippen LogP contribution in [0.5, 0.6) is 11.5 Å². The predicted octanol–water partition coefficient (Wildman–Crippen LogP) is 1.76. The number of ether oxygens (including phenoxy) is 3. The second-order valence-electron chi connectivity index (χ2n) is 5.70. The molecule has 0 radical (unpaired) electrons. The summed E-state index contributed by atoms with van der Waals surface area (Å²) in [7, 11) is 0. The van der Waals surface area contributed by atoms with Crippen molar-refractivity contribution in [2.45, 2.75) is 32.5 Å². The summed E-state index contributed by atoms with van der Waals surface area (Å²) in [5.74, 6) is 1.30. The summed E-state index contributed by atoms with van der Waals surface area (Å²) in [6.07, 6.45) is -0.177. The lowest BCUT2D eigenvalue weighted by atomic mass is 10.2. The van der Waals surface area contributed by atoms with E-state index in [1.165, 1.54) is 0 Å². The minimum absolute atomic E-state index is 0.0493. The van der Waals surface area contributed by atoms with Gasteiger partial charge in [-0.1, -0.05) is 12.1 Å². The summed E-state index contributed by atoms with van der Waals surface area (Å²) in [5, 5.41) is 2.79. The molecule has 20 heavy (non-hydrogen) atoms. The van der Waals surface area contributed by atoms with Crippen molar-refractivity contribution in [1.82, 2.24) is 5.32 Å². The van der Waals surface area contributed by atoms with Crippen molar-refractivity contribution in [3.8, 4) is 11.5 Å². The molecule has 0 saturated carbocycles. The highest BCUT2D eigenvalue weighted by molar-refractivity contribution is 5.77. The Morgan fingerprint density at radius 3 is 2.75 bits per heavy atom. The highest BCUT2D eigenvalue weighted by Gasteiger charge is 2.21. The van der Waals surface area contributed by atoms with Crippen molar-refractivity contribution in [3.63, 3.8) is 0 Å². The van der Waals surface area contributed by atoms with E-state index >= 15 is 0 Å². The lowest BCUT2D eigenvalue weighted by Gasteiger charge is -2.26. The zero-order valence-corrected chi connectivity index (χ0v) is 12.1. The van der Waals surface area contributed by atoms with Crippen LogP contribution in [0.15, 0.2) is 24.3 Å². The first-order valence-corrected chi connectivity index (χ1v) is 6.73. The Balaban J connectivity index is 1.75. The third kappa shape index (κ3) is 4.42. The van der Waals surface area contributed by atoms with Gasteiger partial charge in [-0.2, -0.15) is 0 Å². The predicted molar refractivity (Wildman–Crippen MR) is 75.1 cm³/mol. The monoisotopic (exact) mass is 279 g/mol. The van der Waals surface area contributed by atoms with Gasteiger partial charge in [-0.05, 0) is 32.9 Å². The molecule has 110 valence electrons. The molecule has 1 unspecified atom stereocenters. The smallest absolute Gasteiger partial charge is 0.246 e. The van der Waals surface area contributed by atoms with Crippen LogP contribution in [0.2, 0.25) is 0 Å². The van der Waals surface area contributed by atoms with Crippen LogP contribution in [0.4, 0.5) is 0 Å². The number of benzene rings is 1. The summed E-state index contributed by atoms with van der Waals surface area (Å²) < 4.78 is 16.7. The van der Waals surface area contributed by atoms with E-state index in [0.29, 0.717) is 18.9 Å². The van der Waals surface area contributed by atoms with Gasteiger partial charge in [-0.3, -0.25) is 4.79 Å². The van der Waals surface area contributed by atoms with Crippen LogP contribution >= 0.6 is 0 Å². The van der Waals surface area contributed by atoms with Gasteiger partial charge in [0, 0.05) is 0 Å². The lowest BCUT2D eigenvalue weighted by molar-refractivity contribution is -0.131. The van der Waals surface area contributed by atoms with Gasteiger partial charge in [0.1, 0.15) is 19.3 Å². The van der Waals surface area contributed by atoms with Crippen molar-refractivity contribution in [3.05, 3.63) is 24.3 Å². The van der Waals surface area contributed by atoms with Crippen molar-refractivity contribution in [1.29, 1.82) is 0 Å². The molecule has 1 amide bonds. The Labute approximate surface area is 119 Å². The van der Waals surface area contributed by atoms with Crippen LogP contribution in [0.25, 0.3) is 0 Å². The van der Waals surface area contributed by atoms with E-state index < -0.39 is 0 Å². The number of carbonyl (C=O) groups is 1. The zero-order valence-electron chi connectivity index (χ0n) is 12.1. The second kappa shape index (κ2) is 6.13. The average molecular weight is 279 g/mol. The maximum absolute atomic E-state index is 11.6. The first-order valence-electron chi connectivity index (χ1n) is 6.73. The number of para-hydroxylation sites is 2. The van der Waals surface area contributed by atoms with E-state index in [1.807, 2.05) is 45.0 Å². The van der Waals surface area contributed by atoms with Crippen LogP contribution < -0.4 is 14.8 Å². The maximum atomic E-state index is 11.6. The molecule has 1 aromatic rings. The first-order chi connectivity index (χ1) is 9.44. The zero-order chi connectivity index (χ0) is 14.6. The summed E-state index contributed by atoms with van der Waals surface area (Å²) in [4.78, 5) is 11.6. The SMILES string of the molecule is CC(C)(C)OCC(=O)NCC1COc2ccccc2O1. The van der Waals surface area contributed by atoms with Crippen LogP contribution in [0, 0.1) is 0 Å². The first kappa shape index (κ1) is 14.7. The van der Waals surface area contributed by atoms with Gasteiger partial charge in [-0.15, -0.1) is 0 Å². The summed E-state index contributed by atoms with van der Waals surface area (Å²) in [5.41, 5.74) is -0.319. The van der Waals surface area contributed by atoms with E-state index in [2.05, 4.69) is 5.32 Å². The molecule has 0 spiro atoms. The molecule has 1 aromatic carbocycles. The van der Waals surface area contributed by atoms with Crippen LogP contribution in [-0.2, 0) is 9.53 Å². The number of amides is 1. The number of rotatable bonds is 4. The molecule has 1 aliphatic heterocycles. The molecule has 0 bridgehead atoms. The number of hydrogen-bond donors (Lipinski definition) is 1. The Morgan fingerprint density at radius 1 is 1.35 bits per heavy atom. The number of fused-ring (bicyclic) bond motifs is 1. The third-order valence-corrected chi connectivity index (χ3v) is 2.73. The fourth-order valence-electron chi connectivity index (χ4n) is 1.72. The summed E-state index contributed by atoms with van der Waals surface area (Å²) in [6.45, 7) is 6.62. The molecule has 1 aliphatic rings. The molecule has 1 N–H and O–H groups in total. The fourth-order valence-corrected chi connectivity index (χ4v) is 1.72. The fraction of sp³-hybridized carbons (Fsp3) is 0.533. The quantitative estimate of drug-likeness (QED) is 0.912. The van der Waals surface area contributed by atoms with Gasteiger partial charge >= 0.3 is 0 Å². The number of carbonyl (C=O) groups excluding carboxylic acids is 1. The number of nitrogens with one attached hydrogen (secondary N) is 1.